The van der Waals surface area contributed by atoms with Crippen LogP contribution in [0.1, 0.15) is 18.2 Å². The number of halogens is 1. The van der Waals surface area contributed by atoms with Crippen LogP contribution in [0.4, 0.5) is 0 Å². The lowest BCUT2D eigenvalue weighted by Crippen LogP contribution is -2.26. The van der Waals surface area contributed by atoms with E-state index in [9.17, 15) is 5.11 Å². The summed E-state index contributed by atoms with van der Waals surface area (Å²) >= 11 is 6.02. The molecule has 3 rings (SSSR count). The van der Waals surface area contributed by atoms with Crippen molar-refractivity contribution in [1.29, 1.82) is 0 Å². The Labute approximate surface area is 127 Å². The minimum absolute atomic E-state index is 0.575. The van der Waals surface area contributed by atoms with Crippen molar-refractivity contribution >= 4 is 11.6 Å². The van der Waals surface area contributed by atoms with E-state index in [1.807, 2.05) is 42.5 Å². The average molecular weight is 300 g/mol. The minimum Gasteiger partial charge on any atom is -0.379 e. The minimum atomic E-state index is -1.25. The van der Waals surface area contributed by atoms with Crippen molar-refractivity contribution in [2.45, 2.75) is 12.5 Å². The maximum atomic E-state index is 11.0. The highest BCUT2D eigenvalue weighted by molar-refractivity contribution is 6.30. The lowest BCUT2D eigenvalue weighted by atomic mass is 9.93. The van der Waals surface area contributed by atoms with Gasteiger partial charge in [0.15, 0.2) is 0 Å². The van der Waals surface area contributed by atoms with Crippen molar-refractivity contribution in [3.05, 3.63) is 77.1 Å². The second-order valence-corrected chi connectivity index (χ2v) is 5.39. The Morgan fingerprint density at radius 1 is 1.10 bits per heavy atom. The van der Waals surface area contributed by atoms with Crippen molar-refractivity contribution in [2.24, 2.45) is 0 Å². The van der Waals surface area contributed by atoms with Crippen LogP contribution in [-0.4, -0.2) is 20.1 Å². The molecule has 5 heteroatoms. The standard InChI is InChI=1S/C16H14ClN3O/c1-16(21,12-6-5-7-13(17)10-12)15-11-18-19-20(15)14-8-3-2-4-9-14/h2-11,21H,1H3. The van der Waals surface area contributed by atoms with Gasteiger partial charge in [0.25, 0.3) is 0 Å². The van der Waals surface area contributed by atoms with Crippen LogP contribution in [0.15, 0.2) is 60.8 Å². The zero-order chi connectivity index (χ0) is 14.9. The molecule has 106 valence electrons. The predicted octanol–water partition coefficient (Wildman–Crippen LogP) is 3.18. The molecular formula is C16H14ClN3O. The molecule has 1 aromatic heterocycles. The summed E-state index contributed by atoms with van der Waals surface area (Å²) in [6.45, 7) is 1.71. The Hall–Kier alpha value is -2.17. The van der Waals surface area contributed by atoms with Crippen molar-refractivity contribution < 1.29 is 5.11 Å². The van der Waals surface area contributed by atoms with Gasteiger partial charge >= 0.3 is 0 Å². The Bertz CT molecular complexity index is 753. The molecule has 0 aliphatic heterocycles. The molecule has 0 fully saturated rings. The first kappa shape index (κ1) is 13.8. The van der Waals surface area contributed by atoms with Crippen LogP contribution < -0.4 is 0 Å². The molecule has 21 heavy (non-hydrogen) atoms. The normalized spacial score (nSPS) is 13.9. The molecule has 0 spiro atoms. The Morgan fingerprint density at radius 3 is 2.57 bits per heavy atom. The summed E-state index contributed by atoms with van der Waals surface area (Å²) in [4.78, 5) is 0. The Balaban J connectivity index is 2.11. The molecule has 2 aromatic carbocycles. The number of hydrogen-bond acceptors (Lipinski definition) is 3. The summed E-state index contributed by atoms with van der Waals surface area (Å²) < 4.78 is 1.63. The topological polar surface area (TPSA) is 50.9 Å². The summed E-state index contributed by atoms with van der Waals surface area (Å²) in [6, 6.07) is 16.7. The van der Waals surface area contributed by atoms with Gasteiger partial charge in [-0.25, -0.2) is 4.68 Å². The van der Waals surface area contributed by atoms with E-state index >= 15 is 0 Å². The molecule has 0 saturated heterocycles. The fourth-order valence-electron chi connectivity index (χ4n) is 2.27. The Kier molecular flexibility index (Phi) is 3.49. The van der Waals surface area contributed by atoms with Gasteiger partial charge < -0.3 is 5.11 Å². The second-order valence-electron chi connectivity index (χ2n) is 4.95. The van der Waals surface area contributed by atoms with Crippen LogP contribution in [0, 0.1) is 0 Å². The van der Waals surface area contributed by atoms with Gasteiger partial charge in [-0.15, -0.1) is 5.10 Å². The quantitative estimate of drug-likeness (QED) is 0.808. The molecule has 1 unspecified atom stereocenters. The van der Waals surface area contributed by atoms with Crippen LogP contribution in [0.5, 0.6) is 0 Å². The molecular weight excluding hydrogens is 286 g/mol. The van der Waals surface area contributed by atoms with E-state index in [-0.39, 0.29) is 0 Å². The van der Waals surface area contributed by atoms with E-state index in [0.29, 0.717) is 16.3 Å². The Morgan fingerprint density at radius 2 is 1.86 bits per heavy atom. The fraction of sp³-hybridized carbons (Fsp3) is 0.125. The number of nitrogens with zero attached hydrogens (tertiary/aromatic N) is 3. The van der Waals surface area contributed by atoms with Gasteiger partial charge in [0.05, 0.1) is 11.9 Å². The van der Waals surface area contributed by atoms with E-state index in [1.54, 1.807) is 29.9 Å². The molecule has 0 amide bonds. The van der Waals surface area contributed by atoms with Crippen LogP contribution >= 0.6 is 11.6 Å². The average Bonchev–Trinajstić information content (AvgIpc) is 2.98. The zero-order valence-corrected chi connectivity index (χ0v) is 12.2. The third-order valence-electron chi connectivity index (χ3n) is 3.44. The van der Waals surface area contributed by atoms with Crippen molar-refractivity contribution in [3.8, 4) is 5.69 Å². The highest BCUT2D eigenvalue weighted by Crippen LogP contribution is 2.31. The smallest absolute Gasteiger partial charge is 0.130 e. The highest BCUT2D eigenvalue weighted by atomic mass is 35.5. The van der Waals surface area contributed by atoms with Gasteiger partial charge in [0.2, 0.25) is 0 Å². The molecule has 1 heterocycles. The largest absolute Gasteiger partial charge is 0.379 e. The summed E-state index contributed by atoms with van der Waals surface area (Å²) in [5.41, 5.74) is 0.863. The molecule has 0 bridgehead atoms. The second kappa shape index (κ2) is 5.31. The third-order valence-corrected chi connectivity index (χ3v) is 3.67. The molecule has 1 N–H and O–H groups in total. The van der Waals surface area contributed by atoms with Gasteiger partial charge in [0, 0.05) is 5.02 Å². The van der Waals surface area contributed by atoms with Crippen LogP contribution in [0.25, 0.3) is 5.69 Å². The molecule has 0 aliphatic rings. The fourth-order valence-corrected chi connectivity index (χ4v) is 2.46. The van der Waals surface area contributed by atoms with E-state index < -0.39 is 5.60 Å². The molecule has 0 saturated carbocycles. The molecule has 0 aliphatic carbocycles. The van der Waals surface area contributed by atoms with Crippen LogP contribution in [0.3, 0.4) is 0 Å². The monoisotopic (exact) mass is 299 g/mol. The lowest BCUT2D eigenvalue weighted by Gasteiger charge is -2.24. The number of aliphatic hydroxyl groups is 1. The number of rotatable bonds is 3. The van der Waals surface area contributed by atoms with E-state index in [0.717, 1.165) is 5.69 Å². The van der Waals surface area contributed by atoms with Gasteiger partial charge in [-0.05, 0) is 36.8 Å². The van der Waals surface area contributed by atoms with Gasteiger partial charge in [-0.3, -0.25) is 0 Å². The van der Waals surface area contributed by atoms with Gasteiger partial charge in [-0.1, -0.05) is 47.1 Å². The van der Waals surface area contributed by atoms with Gasteiger partial charge in [-0.2, -0.15) is 0 Å². The lowest BCUT2D eigenvalue weighted by molar-refractivity contribution is 0.0946. The maximum absolute atomic E-state index is 11.0. The first-order valence-corrected chi connectivity index (χ1v) is 6.92. The maximum Gasteiger partial charge on any atom is 0.130 e. The van der Waals surface area contributed by atoms with E-state index in [2.05, 4.69) is 10.3 Å². The summed E-state index contributed by atoms with van der Waals surface area (Å²) in [6.07, 6.45) is 1.56. The summed E-state index contributed by atoms with van der Waals surface area (Å²) in [5.74, 6) is 0. The number of para-hydroxylation sites is 1. The molecule has 0 radical (unpaired) electrons. The van der Waals surface area contributed by atoms with E-state index in [4.69, 9.17) is 11.6 Å². The van der Waals surface area contributed by atoms with Crippen molar-refractivity contribution in [3.63, 3.8) is 0 Å². The SMILES string of the molecule is CC(O)(c1cccc(Cl)c1)c1cnnn1-c1ccccc1. The number of aromatic nitrogens is 3. The van der Waals surface area contributed by atoms with Crippen molar-refractivity contribution in [2.75, 3.05) is 0 Å². The van der Waals surface area contributed by atoms with Crippen LogP contribution in [-0.2, 0) is 5.60 Å². The molecule has 1 atom stereocenters. The molecule has 3 aromatic rings. The number of hydrogen-bond donors (Lipinski definition) is 1. The molecule has 4 nitrogen and oxygen atoms in total. The predicted molar refractivity (Wildman–Crippen MR) is 81.5 cm³/mol. The summed E-state index contributed by atoms with van der Waals surface area (Å²) in [5, 5.41) is 19.5. The zero-order valence-electron chi connectivity index (χ0n) is 11.4. The number of benzene rings is 2. The first-order chi connectivity index (χ1) is 10.1. The third kappa shape index (κ3) is 2.55. The van der Waals surface area contributed by atoms with E-state index in [1.165, 1.54) is 0 Å². The first-order valence-electron chi connectivity index (χ1n) is 6.54. The van der Waals surface area contributed by atoms with Crippen molar-refractivity contribution in [1.82, 2.24) is 15.0 Å². The van der Waals surface area contributed by atoms with Crippen LogP contribution in [0.2, 0.25) is 5.02 Å². The van der Waals surface area contributed by atoms with Gasteiger partial charge in [0.1, 0.15) is 11.3 Å². The summed E-state index contributed by atoms with van der Waals surface area (Å²) in [7, 11) is 0. The highest BCUT2D eigenvalue weighted by Gasteiger charge is 2.30.